The fraction of sp³-hybridized carbons (Fsp3) is 0.438. The minimum absolute atomic E-state index is 0.159. The summed E-state index contributed by atoms with van der Waals surface area (Å²) in [4.78, 5) is 18.2. The van der Waals surface area contributed by atoms with Crippen LogP contribution in [-0.4, -0.2) is 32.6 Å². The Bertz CT molecular complexity index is 608. The van der Waals surface area contributed by atoms with Gasteiger partial charge in [0.25, 0.3) is 0 Å². The first-order valence-electron chi connectivity index (χ1n) is 7.41. The van der Waals surface area contributed by atoms with E-state index in [9.17, 15) is 4.79 Å². The molecule has 0 bridgehead atoms. The highest BCUT2D eigenvalue weighted by molar-refractivity contribution is 5.76. The fourth-order valence-corrected chi connectivity index (χ4v) is 3.04. The highest BCUT2D eigenvalue weighted by atomic mass is 16.2. The van der Waals surface area contributed by atoms with Crippen LogP contribution >= 0.6 is 0 Å². The molecule has 0 radical (unpaired) electrons. The Balaban J connectivity index is 1.67. The lowest BCUT2D eigenvalue weighted by Crippen LogP contribution is -2.33. The SMILES string of the molecule is CN(C(=O)CCn1cncn1)[C@H]1CCCc2ccccc21. The molecular formula is C16H20N4O. The molecule has 110 valence electrons. The molecule has 1 atom stereocenters. The molecule has 0 unspecified atom stereocenters. The van der Waals surface area contributed by atoms with Crippen molar-refractivity contribution in [3.05, 3.63) is 48.0 Å². The summed E-state index contributed by atoms with van der Waals surface area (Å²) in [5.41, 5.74) is 2.69. The molecule has 0 saturated carbocycles. The molecular weight excluding hydrogens is 264 g/mol. The van der Waals surface area contributed by atoms with Crippen molar-refractivity contribution in [3.8, 4) is 0 Å². The molecule has 21 heavy (non-hydrogen) atoms. The van der Waals surface area contributed by atoms with Crippen LogP contribution in [0.5, 0.6) is 0 Å². The van der Waals surface area contributed by atoms with E-state index in [4.69, 9.17) is 0 Å². The molecule has 1 aliphatic rings. The summed E-state index contributed by atoms with van der Waals surface area (Å²) >= 11 is 0. The van der Waals surface area contributed by atoms with Crippen LogP contribution in [0.25, 0.3) is 0 Å². The van der Waals surface area contributed by atoms with E-state index in [0.29, 0.717) is 13.0 Å². The first kappa shape index (κ1) is 13.8. The molecule has 0 N–H and O–H groups in total. The van der Waals surface area contributed by atoms with Crippen molar-refractivity contribution in [2.45, 2.75) is 38.3 Å². The lowest BCUT2D eigenvalue weighted by atomic mass is 9.87. The number of carbonyl (C=O) groups excluding carboxylic acids is 1. The zero-order chi connectivity index (χ0) is 14.7. The summed E-state index contributed by atoms with van der Waals surface area (Å²) in [6.07, 6.45) is 6.89. The number of rotatable bonds is 4. The van der Waals surface area contributed by atoms with E-state index < -0.39 is 0 Å². The average Bonchev–Trinajstić information content (AvgIpc) is 3.05. The van der Waals surface area contributed by atoms with E-state index in [1.54, 1.807) is 11.0 Å². The number of benzene rings is 1. The third kappa shape index (κ3) is 2.96. The minimum Gasteiger partial charge on any atom is -0.339 e. The minimum atomic E-state index is 0.159. The summed E-state index contributed by atoms with van der Waals surface area (Å²) in [6.45, 7) is 0.581. The lowest BCUT2D eigenvalue weighted by molar-refractivity contribution is -0.132. The van der Waals surface area contributed by atoms with Gasteiger partial charge in [0.15, 0.2) is 0 Å². The molecule has 0 saturated heterocycles. The first-order valence-corrected chi connectivity index (χ1v) is 7.41. The number of hydrogen-bond donors (Lipinski definition) is 0. The van der Waals surface area contributed by atoms with Crippen molar-refractivity contribution in [3.63, 3.8) is 0 Å². The van der Waals surface area contributed by atoms with Crippen LogP contribution in [0.1, 0.15) is 36.4 Å². The molecule has 2 aromatic rings. The van der Waals surface area contributed by atoms with Gasteiger partial charge in [0, 0.05) is 13.5 Å². The molecule has 5 nitrogen and oxygen atoms in total. The maximum Gasteiger partial charge on any atom is 0.224 e. The monoisotopic (exact) mass is 284 g/mol. The smallest absolute Gasteiger partial charge is 0.224 e. The van der Waals surface area contributed by atoms with Gasteiger partial charge in [0.1, 0.15) is 12.7 Å². The Morgan fingerprint density at radius 3 is 3.10 bits per heavy atom. The van der Waals surface area contributed by atoms with Crippen molar-refractivity contribution >= 4 is 5.91 Å². The van der Waals surface area contributed by atoms with E-state index >= 15 is 0 Å². The Kier molecular flexibility index (Phi) is 3.99. The van der Waals surface area contributed by atoms with Gasteiger partial charge in [-0.05, 0) is 30.4 Å². The summed E-state index contributed by atoms with van der Waals surface area (Å²) in [7, 11) is 1.91. The molecule has 1 aromatic heterocycles. The van der Waals surface area contributed by atoms with Crippen LogP contribution in [-0.2, 0) is 17.8 Å². The van der Waals surface area contributed by atoms with Crippen LogP contribution < -0.4 is 0 Å². The van der Waals surface area contributed by atoms with Crippen LogP contribution in [0.2, 0.25) is 0 Å². The number of aryl methyl sites for hydroxylation is 2. The van der Waals surface area contributed by atoms with Gasteiger partial charge < -0.3 is 4.90 Å². The summed E-state index contributed by atoms with van der Waals surface area (Å²) < 4.78 is 1.69. The second-order valence-electron chi connectivity index (χ2n) is 5.52. The Morgan fingerprint density at radius 1 is 1.43 bits per heavy atom. The molecule has 5 heteroatoms. The van der Waals surface area contributed by atoms with Gasteiger partial charge in [-0.2, -0.15) is 5.10 Å². The van der Waals surface area contributed by atoms with Gasteiger partial charge in [-0.3, -0.25) is 9.48 Å². The molecule has 0 spiro atoms. The van der Waals surface area contributed by atoms with E-state index in [1.165, 1.54) is 17.5 Å². The number of amides is 1. The van der Waals surface area contributed by atoms with Crippen LogP contribution in [0.15, 0.2) is 36.9 Å². The first-order chi connectivity index (χ1) is 10.3. The predicted octanol–water partition coefficient (Wildman–Crippen LogP) is 2.20. The maximum absolute atomic E-state index is 12.4. The fourth-order valence-electron chi connectivity index (χ4n) is 3.04. The number of hydrogen-bond acceptors (Lipinski definition) is 3. The van der Waals surface area contributed by atoms with Crippen molar-refractivity contribution in [2.75, 3.05) is 7.05 Å². The zero-order valence-corrected chi connectivity index (χ0v) is 12.3. The van der Waals surface area contributed by atoms with Crippen molar-refractivity contribution in [1.82, 2.24) is 19.7 Å². The van der Waals surface area contributed by atoms with Crippen molar-refractivity contribution < 1.29 is 4.79 Å². The standard InChI is InChI=1S/C16H20N4O/c1-19(16(21)9-10-20-12-17-11-18-20)15-8-4-6-13-5-2-3-7-14(13)15/h2-3,5,7,11-12,15H,4,6,8-10H2,1H3/t15-/m0/s1. The number of nitrogens with zero attached hydrogens (tertiary/aromatic N) is 4. The molecule has 1 heterocycles. The third-order valence-corrected chi connectivity index (χ3v) is 4.22. The maximum atomic E-state index is 12.4. The van der Waals surface area contributed by atoms with Crippen LogP contribution in [0.4, 0.5) is 0 Å². The van der Waals surface area contributed by atoms with Crippen LogP contribution in [0, 0.1) is 0 Å². The summed E-state index contributed by atoms with van der Waals surface area (Å²) in [6, 6.07) is 8.67. The molecule has 1 aliphatic carbocycles. The van der Waals surface area contributed by atoms with E-state index in [0.717, 1.165) is 19.3 Å². The van der Waals surface area contributed by atoms with Gasteiger partial charge >= 0.3 is 0 Å². The summed E-state index contributed by atoms with van der Waals surface area (Å²) in [5, 5.41) is 4.03. The number of carbonyl (C=O) groups is 1. The Hall–Kier alpha value is -2.17. The number of aromatic nitrogens is 3. The predicted molar refractivity (Wildman–Crippen MR) is 79.5 cm³/mol. The zero-order valence-electron chi connectivity index (χ0n) is 12.3. The topological polar surface area (TPSA) is 51.0 Å². The van der Waals surface area contributed by atoms with E-state index in [-0.39, 0.29) is 11.9 Å². The third-order valence-electron chi connectivity index (χ3n) is 4.22. The Labute approximate surface area is 124 Å². The second kappa shape index (κ2) is 6.08. The van der Waals surface area contributed by atoms with Gasteiger partial charge in [0.05, 0.1) is 12.6 Å². The average molecular weight is 284 g/mol. The highest BCUT2D eigenvalue weighted by Gasteiger charge is 2.26. The second-order valence-corrected chi connectivity index (χ2v) is 5.52. The molecule has 0 aliphatic heterocycles. The van der Waals surface area contributed by atoms with Crippen molar-refractivity contribution in [1.29, 1.82) is 0 Å². The molecule has 1 aromatic carbocycles. The Morgan fingerprint density at radius 2 is 2.29 bits per heavy atom. The van der Waals surface area contributed by atoms with Crippen molar-refractivity contribution in [2.24, 2.45) is 0 Å². The largest absolute Gasteiger partial charge is 0.339 e. The quantitative estimate of drug-likeness (QED) is 0.865. The van der Waals surface area contributed by atoms with E-state index in [2.05, 4.69) is 34.3 Å². The van der Waals surface area contributed by atoms with Gasteiger partial charge in [0.2, 0.25) is 5.91 Å². The highest BCUT2D eigenvalue weighted by Crippen LogP contribution is 2.33. The molecule has 0 fully saturated rings. The van der Waals surface area contributed by atoms with E-state index in [1.807, 2.05) is 11.9 Å². The van der Waals surface area contributed by atoms with Gasteiger partial charge in [-0.15, -0.1) is 0 Å². The lowest BCUT2D eigenvalue weighted by Gasteiger charge is -2.33. The summed E-state index contributed by atoms with van der Waals surface area (Å²) in [5.74, 6) is 0.159. The van der Waals surface area contributed by atoms with Crippen LogP contribution in [0.3, 0.4) is 0 Å². The number of fused-ring (bicyclic) bond motifs is 1. The van der Waals surface area contributed by atoms with Gasteiger partial charge in [-0.1, -0.05) is 24.3 Å². The molecule has 1 amide bonds. The van der Waals surface area contributed by atoms with Gasteiger partial charge in [-0.25, -0.2) is 4.98 Å². The molecule has 3 rings (SSSR count). The normalized spacial score (nSPS) is 17.3.